The van der Waals surface area contributed by atoms with E-state index in [9.17, 15) is 4.79 Å². The summed E-state index contributed by atoms with van der Waals surface area (Å²) in [4.78, 5) is 10.5. The van der Waals surface area contributed by atoms with Gasteiger partial charge >= 0.3 is 5.97 Å². The standard InChI is InChI=1S/C17H23BrO3/c1-3-5-6-13(4-2)12-21-16-9-7-14(11-15(16)18)8-10-17(19)20/h7-11,13H,3-6,12H2,1-2H3,(H,19,20). The highest BCUT2D eigenvalue weighted by atomic mass is 79.9. The predicted molar refractivity (Wildman–Crippen MR) is 89.6 cm³/mol. The van der Waals surface area contributed by atoms with Crippen LogP contribution < -0.4 is 4.74 Å². The van der Waals surface area contributed by atoms with Crippen LogP contribution in [-0.4, -0.2) is 17.7 Å². The van der Waals surface area contributed by atoms with Crippen LogP contribution in [0.4, 0.5) is 0 Å². The summed E-state index contributed by atoms with van der Waals surface area (Å²) in [6, 6.07) is 5.59. The van der Waals surface area contributed by atoms with Crippen LogP contribution in [0.5, 0.6) is 5.75 Å². The van der Waals surface area contributed by atoms with Crippen molar-refractivity contribution in [2.75, 3.05) is 6.61 Å². The average molecular weight is 355 g/mol. The van der Waals surface area contributed by atoms with Gasteiger partial charge < -0.3 is 9.84 Å². The van der Waals surface area contributed by atoms with Crippen molar-refractivity contribution in [3.63, 3.8) is 0 Å². The van der Waals surface area contributed by atoms with E-state index in [0.717, 1.165) is 34.9 Å². The molecule has 0 saturated carbocycles. The van der Waals surface area contributed by atoms with Gasteiger partial charge in [0, 0.05) is 6.08 Å². The van der Waals surface area contributed by atoms with Crippen molar-refractivity contribution in [2.24, 2.45) is 5.92 Å². The Balaban J connectivity index is 2.61. The normalized spacial score (nSPS) is 12.5. The zero-order chi connectivity index (χ0) is 15.7. The van der Waals surface area contributed by atoms with Gasteiger partial charge in [-0.05, 0) is 52.0 Å². The summed E-state index contributed by atoms with van der Waals surface area (Å²) < 4.78 is 6.73. The van der Waals surface area contributed by atoms with Crippen LogP contribution >= 0.6 is 15.9 Å². The molecule has 1 N–H and O–H groups in total. The molecule has 116 valence electrons. The largest absolute Gasteiger partial charge is 0.492 e. The number of carbonyl (C=O) groups is 1. The van der Waals surface area contributed by atoms with Gasteiger partial charge in [-0.15, -0.1) is 0 Å². The molecule has 0 bridgehead atoms. The van der Waals surface area contributed by atoms with Crippen LogP contribution in [0.25, 0.3) is 6.08 Å². The average Bonchev–Trinajstić information content (AvgIpc) is 2.46. The van der Waals surface area contributed by atoms with Crippen LogP contribution in [0, 0.1) is 5.92 Å². The molecule has 0 spiro atoms. The zero-order valence-electron chi connectivity index (χ0n) is 12.6. The SMILES string of the molecule is CCCCC(CC)COc1ccc(C=CC(=O)O)cc1Br. The lowest BCUT2D eigenvalue weighted by molar-refractivity contribution is -0.131. The van der Waals surface area contributed by atoms with Crippen molar-refractivity contribution in [2.45, 2.75) is 39.5 Å². The maximum Gasteiger partial charge on any atom is 0.328 e. The van der Waals surface area contributed by atoms with Crippen LogP contribution in [-0.2, 0) is 4.79 Å². The van der Waals surface area contributed by atoms with E-state index < -0.39 is 5.97 Å². The maximum absolute atomic E-state index is 10.5. The number of ether oxygens (including phenoxy) is 1. The van der Waals surface area contributed by atoms with Gasteiger partial charge in [-0.1, -0.05) is 39.2 Å². The molecule has 0 aliphatic carbocycles. The first-order valence-electron chi connectivity index (χ1n) is 7.40. The van der Waals surface area contributed by atoms with E-state index in [1.54, 1.807) is 6.08 Å². The highest BCUT2D eigenvalue weighted by Gasteiger charge is 2.08. The third kappa shape index (κ3) is 6.80. The summed E-state index contributed by atoms with van der Waals surface area (Å²) in [5, 5.41) is 8.62. The van der Waals surface area contributed by atoms with Crippen LogP contribution in [0.2, 0.25) is 0 Å². The molecule has 3 nitrogen and oxygen atoms in total. The minimum absolute atomic E-state index is 0.587. The van der Waals surface area contributed by atoms with Gasteiger partial charge in [0.1, 0.15) is 5.75 Å². The van der Waals surface area contributed by atoms with Crippen molar-refractivity contribution in [1.82, 2.24) is 0 Å². The van der Waals surface area contributed by atoms with E-state index in [-0.39, 0.29) is 0 Å². The molecule has 0 aromatic heterocycles. The number of unbranched alkanes of at least 4 members (excludes halogenated alkanes) is 1. The molecule has 0 aliphatic heterocycles. The second-order valence-electron chi connectivity index (χ2n) is 5.09. The second kappa shape index (κ2) is 9.61. The van der Waals surface area contributed by atoms with Gasteiger partial charge in [-0.25, -0.2) is 4.79 Å². The Morgan fingerprint density at radius 1 is 1.43 bits per heavy atom. The molecule has 0 fully saturated rings. The summed E-state index contributed by atoms with van der Waals surface area (Å²) in [5.74, 6) is 0.439. The monoisotopic (exact) mass is 354 g/mol. The van der Waals surface area contributed by atoms with Crippen molar-refractivity contribution in [3.05, 3.63) is 34.3 Å². The molecule has 1 atom stereocenters. The molecule has 0 radical (unpaired) electrons. The van der Waals surface area contributed by atoms with Crippen molar-refractivity contribution >= 4 is 28.0 Å². The van der Waals surface area contributed by atoms with Crippen molar-refractivity contribution in [3.8, 4) is 5.75 Å². The Kier molecular flexibility index (Phi) is 8.13. The van der Waals surface area contributed by atoms with Crippen molar-refractivity contribution in [1.29, 1.82) is 0 Å². The van der Waals surface area contributed by atoms with Gasteiger partial charge in [0.25, 0.3) is 0 Å². The summed E-state index contributed by atoms with van der Waals surface area (Å²) >= 11 is 3.47. The molecule has 1 rings (SSSR count). The van der Waals surface area contributed by atoms with E-state index >= 15 is 0 Å². The lowest BCUT2D eigenvalue weighted by Gasteiger charge is -2.16. The highest BCUT2D eigenvalue weighted by molar-refractivity contribution is 9.10. The predicted octanol–water partition coefficient (Wildman–Crippen LogP) is 5.14. The fraction of sp³-hybridized carbons (Fsp3) is 0.471. The Morgan fingerprint density at radius 3 is 2.76 bits per heavy atom. The Morgan fingerprint density at radius 2 is 2.19 bits per heavy atom. The number of rotatable bonds is 9. The first-order valence-corrected chi connectivity index (χ1v) is 8.19. The number of hydrogen-bond donors (Lipinski definition) is 1. The van der Waals surface area contributed by atoms with E-state index in [4.69, 9.17) is 9.84 Å². The molecule has 0 aliphatic rings. The molecule has 1 unspecified atom stereocenters. The van der Waals surface area contributed by atoms with Gasteiger partial charge in [0.2, 0.25) is 0 Å². The maximum atomic E-state index is 10.5. The smallest absolute Gasteiger partial charge is 0.328 e. The molecule has 21 heavy (non-hydrogen) atoms. The summed E-state index contributed by atoms with van der Waals surface area (Å²) in [6.45, 7) is 5.12. The third-order valence-corrected chi connectivity index (χ3v) is 4.01. The van der Waals surface area contributed by atoms with Gasteiger partial charge in [0.15, 0.2) is 0 Å². The van der Waals surface area contributed by atoms with Crippen LogP contribution in [0.15, 0.2) is 28.7 Å². The van der Waals surface area contributed by atoms with Crippen LogP contribution in [0.3, 0.4) is 0 Å². The van der Waals surface area contributed by atoms with E-state index in [1.807, 2.05) is 18.2 Å². The molecule has 4 heteroatoms. The number of halogens is 1. The van der Waals surface area contributed by atoms with E-state index in [0.29, 0.717) is 5.92 Å². The fourth-order valence-corrected chi connectivity index (χ4v) is 2.52. The Bertz CT molecular complexity index is 483. The minimum atomic E-state index is -0.951. The molecule has 0 heterocycles. The van der Waals surface area contributed by atoms with E-state index in [1.165, 1.54) is 19.3 Å². The highest BCUT2D eigenvalue weighted by Crippen LogP contribution is 2.27. The van der Waals surface area contributed by atoms with Gasteiger partial charge in [0.05, 0.1) is 11.1 Å². The summed E-state index contributed by atoms with van der Waals surface area (Å²) in [7, 11) is 0. The number of carboxylic acids is 1. The molecular formula is C17H23BrO3. The number of carboxylic acid groups (broad SMARTS) is 1. The molecular weight excluding hydrogens is 332 g/mol. The lowest BCUT2D eigenvalue weighted by Crippen LogP contribution is -2.11. The zero-order valence-corrected chi connectivity index (χ0v) is 14.2. The first-order chi connectivity index (χ1) is 10.1. The number of hydrogen-bond acceptors (Lipinski definition) is 2. The second-order valence-corrected chi connectivity index (χ2v) is 5.94. The quantitative estimate of drug-likeness (QED) is 0.624. The first kappa shape index (κ1) is 17.8. The van der Waals surface area contributed by atoms with Gasteiger partial charge in [-0.2, -0.15) is 0 Å². The minimum Gasteiger partial charge on any atom is -0.492 e. The third-order valence-electron chi connectivity index (χ3n) is 3.39. The molecule has 1 aromatic carbocycles. The fourth-order valence-electron chi connectivity index (χ4n) is 2.01. The number of aliphatic carboxylic acids is 1. The Labute approximate surface area is 135 Å². The Hall–Kier alpha value is -1.29. The molecule has 0 saturated heterocycles. The topological polar surface area (TPSA) is 46.5 Å². The van der Waals surface area contributed by atoms with Gasteiger partial charge in [-0.3, -0.25) is 0 Å². The van der Waals surface area contributed by atoms with E-state index in [2.05, 4.69) is 29.8 Å². The van der Waals surface area contributed by atoms with Crippen LogP contribution in [0.1, 0.15) is 45.1 Å². The van der Waals surface area contributed by atoms with Crippen molar-refractivity contribution < 1.29 is 14.6 Å². The summed E-state index contributed by atoms with van der Waals surface area (Å²) in [6.07, 6.45) is 7.46. The molecule has 0 amide bonds. The lowest BCUT2D eigenvalue weighted by atomic mass is 10.0. The molecule has 1 aromatic rings. The summed E-state index contributed by atoms with van der Waals surface area (Å²) in [5.41, 5.74) is 0.828. The number of benzene rings is 1.